The fraction of sp³-hybridized carbons (Fsp3) is 0.0400. The molecule has 33 heavy (non-hydrogen) atoms. The number of nitrogens with zero attached hydrogens (tertiary/aromatic N) is 1. The van der Waals surface area contributed by atoms with Crippen LogP contribution in [0.25, 0.3) is 33.3 Å². The van der Waals surface area contributed by atoms with E-state index in [4.69, 9.17) is 16.0 Å². The molecule has 8 heteroatoms. The first-order chi connectivity index (χ1) is 15.8. The minimum Gasteiger partial charge on any atom is -0.454 e. The first-order valence-corrected chi connectivity index (χ1v) is 10.2. The molecule has 2 aromatic heterocycles. The number of alkyl halides is 3. The van der Waals surface area contributed by atoms with E-state index in [9.17, 15) is 18.0 Å². The Bertz CT molecular complexity index is 1490. The Morgan fingerprint density at radius 1 is 0.939 bits per heavy atom. The summed E-state index contributed by atoms with van der Waals surface area (Å²) in [6.07, 6.45) is -4.57. The normalized spacial score (nSPS) is 11.8. The van der Waals surface area contributed by atoms with E-state index >= 15 is 0 Å². The van der Waals surface area contributed by atoms with Crippen molar-refractivity contribution >= 4 is 45.1 Å². The van der Waals surface area contributed by atoms with Crippen LogP contribution in [-0.4, -0.2) is 10.9 Å². The lowest BCUT2D eigenvalue weighted by Gasteiger charge is -2.13. The number of nitrogens with one attached hydrogen (secondary N) is 1. The number of carbonyl (C=O) groups is 1. The maximum atomic E-state index is 13.2. The molecule has 5 rings (SSSR count). The van der Waals surface area contributed by atoms with Crippen molar-refractivity contribution in [3.63, 3.8) is 0 Å². The van der Waals surface area contributed by atoms with Crippen molar-refractivity contribution < 1.29 is 22.4 Å². The number of hydrogen-bond acceptors (Lipinski definition) is 3. The highest BCUT2D eigenvalue weighted by molar-refractivity contribution is 6.34. The van der Waals surface area contributed by atoms with Crippen molar-refractivity contribution in [3.05, 3.63) is 95.0 Å². The SMILES string of the molecule is O=C(Nc1cc(C(F)(F)F)ccc1Cl)c1cc(-c2cc3ccccc3o2)nc2ccccc12. The van der Waals surface area contributed by atoms with Gasteiger partial charge in [0.1, 0.15) is 11.3 Å². The van der Waals surface area contributed by atoms with Crippen LogP contribution in [0, 0.1) is 0 Å². The molecule has 0 atom stereocenters. The van der Waals surface area contributed by atoms with Crippen LogP contribution in [0.2, 0.25) is 5.02 Å². The molecule has 2 heterocycles. The van der Waals surface area contributed by atoms with E-state index in [1.165, 1.54) is 0 Å². The molecule has 0 unspecified atom stereocenters. The van der Waals surface area contributed by atoms with E-state index in [-0.39, 0.29) is 16.3 Å². The van der Waals surface area contributed by atoms with Gasteiger partial charge in [-0.3, -0.25) is 4.79 Å². The summed E-state index contributed by atoms with van der Waals surface area (Å²) >= 11 is 6.06. The van der Waals surface area contributed by atoms with Gasteiger partial charge in [-0.1, -0.05) is 48.0 Å². The quantitative estimate of drug-likeness (QED) is 0.298. The zero-order chi connectivity index (χ0) is 23.2. The lowest BCUT2D eigenvalue weighted by Crippen LogP contribution is -2.14. The second-order valence-electron chi connectivity index (χ2n) is 7.37. The number of benzene rings is 3. The number of hydrogen-bond donors (Lipinski definition) is 1. The van der Waals surface area contributed by atoms with Crippen LogP contribution in [0.5, 0.6) is 0 Å². The fourth-order valence-electron chi connectivity index (χ4n) is 3.58. The predicted molar refractivity (Wildman–Crippen MR) is 121 cm³/mol. The summed E-state index contributed by atoms with van der Waals surface area (Å²) in [5, 5.41) is 3.92. The van der Waals surface area contributed by atoms with Crippen molar-refractivity contribution in [2.75, 3.05) is 5.32 Å². The average Bonchev–Trinajstić information content (AvgIpc) is 3.23. The van der Waals surface area contributed by atoms with Gasteiger partial charge in [-0.2, -0.15) is 13.2 Å². The number of anilines is 1. The summed E-state index contributed by atoms with van der Waals surface area (Å²) in [5.41, 5.74) is 0.807. The van der Waals surface area contributed by atoms with E-state index in [1.807, 2.05) is 30.3 Å². The topological polar surface area (TPSA) is 55.1 Å². The molecule has 0 aliphatic rings. The molecule has 4 nitrogen and oxygen atoms in total. The highest BCUT2D eigenvalue weighted by atomic mass is 35.5. The Balaban J connectivity index is 1.60. The zero-order valence-corrected chi connectivity index (χ0v) is 17.5. The molecule has 0 radical (unpaired) electrons. The number of para-hydroxylation sites is 2. The van der Waals surface area contributed by atoms with Crippen LogP contribution >= 0.6 is 11.6 Å². The second kappa shape index (κ2) is 7.94. The van der Waals surface area contributed by atoms with Crippen molar-refractivity contribution in [3.8, 4) is 11.5 Å². The van der Waals surface area contributed by atoms with Crippen molar-refractivity contribution in [1.82, 2.24) is 4.98 Å². The Kier molecular flexibility index (Phi) is 5.06. The summed E-state index contributed by atoms with van der Waals surface area (Å²) in [5.74, 6) is -0.153. The van der Waals surface area contributed by atoms with Gasteiger partial charge in [0.05, 0.1) is 27.4 Å². The molecule has 0 aliphatic carbocycles. The lowest BCUT2D eigenvalue weighted by molar-refractivity contribution is -0.137. The maximum absolute atomic E-state index is 13.2. The third-order valence-electron chi connectivity index (χ3n) is 5.18. The lowest BCUT2D eigenvalue weighted by atomic mass is 10.1. The van der Waals surface area contributed by atoms with Crippen LogP contribution in [0.3, 0.4) is 0 Å². The summed E-state index contributed by atoms with van der Waals surface area (Å²) in [6, 6.07) is 20.6. The van der Waals surface area contributed by atoms with Crippen LogP contribution in [0.15, 0.2) is 83.3 Å². The molecule has 0 spiro atoms. The van der Waals surface area contributed by atoms with Crippen molar-refractivity contribution in [2.45, 2.75) is 6.18 Å². The molecular weight excluding hydrogens is 453 g/mol. The number of pyridine rings is 1. The van der Waals surface area contributed by atoms with E-state index in [0.717, 1.165) is 23.6 Å². The Labute approximate surface area is 190 Å². The maximum Gasteiger partial charge on any atom is 0.416 e. The van der Waals surface area contributed by atoms with Crippen LogP contribution in [0.4, 0.5) is 18.9 Å². The first kappa shape index (κ1) is 21.0. The largest absolute Gasteiger partial charge is 0.454 e. The number of rotatable bonds is 3. The van der Waals surface area contributed by atoms with Crippen LogP contribution in [0.1, 0.15) is 15.9 Å². The molecule has 5 aromatic rings. The number of aromatic nitrogens is 1. The number of carbonyl (C=O) groups excluding carboxylic acids is 1. The molecule has 1 N–H and O–H groups in total. The fourth-order valence-corrected chi connectivity index (χ4v) is 3.75. The number of halogens is 4. The Hall–Kier alpha value is -3.84. The summed E-state index contributed by atoms with van der Waals surface area (Å²) < 4.78 is 45.3. The molecule has 0 saturated carbocycles. The highest BCUT2D eigenvalue weighted by Gasteiger charge is 2.31. The smallest absolute Gasteiger partial charge is 0.416 e. The highest BCUT2D eigenvalue weighted by Crippen LogP contribution is 2.35. The number of fused-ring (bicyclic) bond motifs is 2. The average molecular weight is 467 g/mol. The van der Waals surface area contributed by atoms with Gasteiger partial charge in [-0.05, 0) is 42.5 Å². The van der Waals surface area contributed by atoms with Gasteiger partial charge in [0.15, 0.2) is 5.76 Å². The van der Waals surface area contributed by atoms with Crippen LogP contribution in [-0.2, 0) is 6.18 Å². The van der Waals surface area contributed by atoms with Gasteiger partial charge in [-0.15, -0.1) is 0 Å². The van der Waals surface area contributed by atoms with Gasteiger partial charge in [0.2, 0.25) is 0 Å². The molecular formula is C25H14ClF3N2O2. The molecule has 0 fully saturated rings. The Morgan fingerprint density at radius 3 is 2.48 bits per heavy atom. The molecule has 164 valence electrons. The molecule has 1 amide bonds. The van der Waals surface area contributed by atoms with Gasteiger partial charge < -0.3 is 9.73 Å². The Morgan fingerprint density at radius 2 is 1.70 bits per heavy atom. The van der Waals surface area contributed by atoms with Crippen molar-refractivity contribution in [2.24, 2.45) is 0 Å². The summed E-state index contributed by atoms with van der Waals surface area (Å²) in [7, 11) is 0. The summed E-state index contributed by atoms with van der Waals surface area (Å²) in [6.45, 7) is 0. The minimum atomic E-state index is -4.57. The van der Waals surface area contributed by atoms with Crippen LogP contribution < -0.4 is 5.32 Å². The van der Waals surface area contributed by atoms with Gasteiger partial charge in [0, 0.05) is 10.8 Å². The number of amides is 1. The van der Waals surface area contributed by atoms with Gasteiger partial charge in [0.25, 0.3) is 5.91 Å². The number of furan rings is 1. The second-order valence-corrected chi connectivity index (χ2v) is 7.77. The van der Waals surface area contributed by atoms with E-state index < -0.39 is 17.6 Å². The molecule has 0 bridgehead atoms. The standard InChI is InChI=1S/C25H14ClF3N2O2/c26-18-10-9-15(25(27,28)29)12-20(18)31-24(32)17-13-21(30-19-7-3-2-6-16(17)19)23-11-14-5-1-4-8-22(14)33-23/h1-13H,(H,31,32). The first-order valence-electron chi connectivity index (χ1n) is 9.86. The molecule has 3 aromatic carbocycles. The van der Waals surface area contributed by atoms with E-state index in [1.54, 1.807) is 30.3 Å². The summed E-state index contributed by atoms with van der Waals surface area (Å²) in [4.78, 5) is 17.8. The zero-order valence-electron chi connectivity index (χ0n) is 16.8. The molecule has 0 saturated heterocycles. The predicted octanol–water partition coefficient (Wildman–Crippen LogP) is 7.57. The van der Waals surface area contributed by atoms with Crippen molar-refractivity contribution in [1.29, 1.82) is 0 Å². The third-order valence-corrected chi connectivity index (χ3v) is 5.51. The van der Waals surface area contributed by atoms with Gasteiger partial charge in [-0.25, -0.2) is 4.98 Å². The molecule has 0 aliphatic heterocycles. The van der Waals surface area contributed by atoms with E-state index in [2.05, 4.69) is 10.3 Å². The van der Waals surface area contributed by atoms with Gasteiger partial charge >= 0.3 is 6.18 Å². The van der Waals surface area contributed by atoms with E-state index in [0.29, 0.717) is 27.9 Å². The minimum absolute atomic E-state index is 0.00720. The monoisotopic (exact) mass is 466 g/mol. The third kappa shape index (κ3) is 4.03.